The van der Waals surface area contributed by atoms with E-state index in [-0.39, 0.29) is 10.8 Å². The van der Waals surface area contributed by atoms with Gasteiger partial charge in [0.2, 0.25) is 5.89 Å². The zero-order valence-electron chi connectivity index (χ0n) is 25.8. The Kier molecular flexibility index (Phi) is 6.29. The lowest BCUT2D eigenvalue weighted by Gasteiger charge is -2.29. The fraction of sp³-hybridized carbons (Fsp3) is 0.195. The van der Waals surface area contributed by atoms with Gasteiger partial charge in [-0.3, -0.25) is 0 Å². The maximum absolute atomic E-state index is 6.40. The zero-order valence-corrected chi connectivity index (χ0v) is 25.8. The summed E-state index contributed by atoms with van der Waals surface area (Å²) in [5.41, 5.74) is 10.3. The minimum absolute atomic E-state index is 0.00696. The number of nitrogens with zero attached hydrogens (tertiary/aromatic N) is 1. The molecule has 7 aromatic rings. The highest BCUT2D eigenvalue weighted by molar-refractivity contribution is 6.21. The Morgan fingerprint density at radius 3 is 1.37 bits per heavy atom. The molecule has 43 heavy (non-hydrogen) atoms. The Morgan fingerprint density at radius 2 is 0.884 bits per heavy atom. The molecular weight excluding hydrogens is 522 g/mol. The summed E-state index contributed by atoms with van der Waals surface area (Å²) >= 11 is 0. The summed E-state index contributed by atoms with van der Waals surface area (Å²) in [6, 6.07) is 41.4. The van der Waals surface area contributed by atoms with E-state index in [0.717, 1.165) is 16.7 Å². The molecule has 0 saturated carbocycles. The second kappa shape index (κ2) is 9.95. The molecule has 0 N–H and O–H groups in total. The first-order chi connectivity index (χ1) is 20.6. The monoisotopic (exact) mass is 559 g/mol. The van der Waals surface area contributed by atoms with Gasteiger partial charge < -0.3 is 4.42 Å². The highest BCUT2D eigenvalue weighted by atomic mass is 16.3. The van der Waals surface area contributed by atoms with Crippen LogP contribution >= 0.6 is 0 Å². The fourth-order valence-corrected chi connectivity index (χ4v) is 6.47. The molecule has 0 bridgehead atoms. The van der Waals surface area contributed by atoms with Crippen LogP contribution in [0.15, 0.2) is 120 Å². The van der Waals surface area contributed by atoms with Crippen LogP contribution in [0.4, 0.5) is 0 Å². The second-order valence-corrected chi connectivity index (χ2v) is 13.7. The summed E-state index contributed by atoms with van der Waals surface area (Å²) in [6.45, 7) is 13.6. The third kappa shape index (κ3) is 4.72. The van der Waals surface area contributed by atoms with Crippen molar-refractivity contribution in [2.45, 2.75) is 52.4 Å². The maximum atomic E-state index is 6.40. The third-order valence-electron chi connectivity index (χ3n) is 8.56. The van der Waals surface area contributed by atoms with Gasteiger partial charge >= 0.3 is 0 Å². The van der Waals surface area contributed by atoms with E-state index < -0.39 is 0 Å². The lowest BCUT2D eigenvalue weighted by molar-refractivity contribution is 0.529. The molecule has 0 aliphatic rings. The van der Waals surface area contributed by atoms with Crippen LogP contribution in [-0.2, 0) is 10.8 Å². The van der Waals surface area contributed by atoms with Crippen molar-refractivity contribution in [1.29, 1.82) is 0 Å². The first-order valence-corrected chi connectivity index (χ1v) is 15.1. The van der Waals surface area contributed by atoms with Gasteiger partial charge in [-0.1, -0.05) is 133 Å². The van der Waals surface area contributed by atoms with Crippen LogP contribution in [0.2, 0.25) is 0 Å². The third-order valence-corrected chi connectivity index (χ3v) is 8.56. The van der Waals surface area contributed by atoms with E-state index in [2.05, 4.69) is 157 Å². The number of rotatable bonds is 3. The van der Waals surface area contributed by atoms with Gasteiger partial charge in [0.25, 0.3) is 0 Å². The average molecular weight is 560 g/mol. The van der Waals surface area contributed by atoms with Crippen LogP contribution in [-0.4, -0.2) is 4.98 Å². The van der Waals surface area contributed by atoms with Crippen molar-refractivity contribution >= 4 is 32.6 Å². The number of benzene rings is 6. The first-order valence-electron chi connectivity index (χ1n) is 15.1. The smallest absolute Gasteiger partial charge is 0.227 e. The number of aromatic nitrogens is 1. The molecule has 2 heteroatoms. The SMILES string of the molecule is CC(C)(C)c1cc2nc(-c3ccc(-c4c5ccccc5c(-c5ccccc5)c5ccccc45)cc3)oc2cc1C(C)(C)C. The van der Waals surface area contributed by atoms with Gasteiger partial charge in [0, 0.05) is 5.56 Å². The molecule has 0 spiro atoms. The highest BCUT2D eigenvalue weighted by Crippen LogP contribution is 2.44. The predicted octanol–water partition coefficient (Wildman–Crippen LogP) is 11.7. The van der Waals surface area contributed by atoms with Crippen molar-refractivity contribution in [2.75, 3.05) is 0 Å². The van der Waals surface area contributed by atoms with E-state index in [9.17, 15) is 0 Å². The molecule has 0 atom stereocenters. The molecule has 0 amide bonds. The molecule has 1 aromatic heterocycles. The van der Waals surface area contributed by atoms with E-state index in [1.807, 2.05) is 0 Å². The van der Waals surface area contributed by atoms with E-state index in [1.165, 1.54) is 54.9 Å². The zero-order chi connectivity index (χ0) is 29.9. The fourth-order valence-electron chi connectivity index (χ4n) is 6.47. The van der Waals surface area contributed by atoms with Gasteiger partial charge in [0.05, 0.1) is 0 Å². The molecular formula is C41H37NO. The summed E-state index contributed by atoms with van der Waals surface area (Å²) < 4.78 is 6.40. The molecule has 0 unspecified atom stereocenters. The quantitative estimate of drug-likeness (QED) is 0.201. The minimum atomic E-state index is 0.00696. The molecule has 1 heterocycles. The van der Waals surface area contributed by atoms with Gasteiger partial charge in [0.15, 0.2) is 5.58 Å². The van der Waals surface area contributed by atoms with E-state index in [0.29, 0.717) is 5.89 Å². The van der Waals surface area contributed by atoms with E-state index >= 15 is 0 Å². The van der Waals surface area contributed by atoms with Crippen LogP contribution in [0.1, 0.15) is 52.7 Å². The topological polar surface area (TPSA) is 26.0 Å². The van der Waals surface area contributed by atoms with E-state index in [1.54, 1.807) is 0 Å². The lowest BCUT2D eigenvalue weighted by atomic mass is 9.75. The van der Waals surface area contributed by atoms with Gasteiger partial charge in [-0.15, -0.1) is 0 Å². The van der Waals surface area contributed by atoms with E-state index in [4.69, 9.17) is 9.40 Å². The van der Waals surface area contributed by atoms with Crippen LogP contribution in [0.25, 0.3) is 66.4 Å². The molecule has 0 aliphatic heterocycles. The first kappa shape index (κ1) is 27.2. The maximum Gasteiger partial charge on any atom is 0.227 e. The van der Waals surface area contributed by atoms with Gasteiger partial charge in [0.1, 0.15) is 5.52 Å². The molecule has 0 saturated heterocycles. The standard InChI is InChI=1S/C41H37NO/c1-40(2,3)33-24-35-36(25-34(33)41(4,5)6)43-39(42-35)28-22-20-27(21-23-28)38-31-18-12-10-16-29(31)37(26-14-8-7-9-15-26)30-17-11-13-19-32(30)38/h7-25H,1-6H3. The molecule has 212 valence electrons. The van der Waals surface area contributed by atoms with Crippen LogP contribution < -0.4 is 0 Å². The predicted molar refractivity (Wildman–Crippen MR) is 183 cm³/mol. The highest BCUT2D eigenvalue weighted by Gasteiger charge is 2.27. The molecule has 2 nitrogen and oxygen atoms in total. The van der Waals surface area contributed by atoms with Gasteiger partial charge in [-0.25, -0.2) is 4.98 Å². The summed E-state index contributed by atoms with van der Waals surface area (Å²) in [6.07, 6.45) is 0. The van der Waals surface area contributed by atoms with Crippen molar-refractivity contribution in [3.8, 4) is 33.7 Å². The lowest BCUT2D eigenvalue weighted by Crippen LogP contribution is -2.21. The Balaban J connectivity index is 1.37. The minimum Gasteiger partial charge on any atom is -0.436 e. The van der Waals surface area contributed by atoms with Crippen molar-refractivity contribution in [2.24, 2.45) is 0 Å². The molecule has 0 fully saturated rings. The Bertz CT molecular complexity index is 2010. The van der Waals surface area contributed by atoms with Crippen LogP contribution in [0, 0.1) is 0 Å². The van der Waals surface area contributed by atoms with Gasteiger partial charge in [-0.05, 0) is 90.0 Å². The van der Waals surface area contributed by atoms with Crippen LogP contribution in [0.3, 0.4) is 0 Å². The van der Waals surface area contributed by atoms with Crippen molar-refractivity contribution in [1.82, 2.24) is 4.98 Å². The van der Waals surface area contributed by atoms with Crippen molar-refractivity contribution in [3.05, 3.63) is 126 Å². The molecule has 6 aromatic carbocycles. The van der Waals surface area contributed by atoms with Crippen LogP contribution in [0.5, 0.6) is 0 Å². The molecule has 0 aliphatic carbocycles. The average Bonchev–Trinajstić information content (AvgIpc) is 3.42. The number of hydrogen-bond donors (Lipinski definition) is 0. The largest absolute Gasteiger partial charge is 0.436 e. The van der Waals surface area contributed by atoms with Crippen molar-refractivity contribution < 1.29 is 4.42 Å². The Hall–Kier alpha value is -4.69. The van der Waals surface area contributed by atoms with Crippen molar-refractivity contribution in [3.63, 3.8) is 0 Å². The summed E-state index contributed by atoms with van der Waals surface area (Å²) in [5, 5.41) is 5.02. The Labute approximate surface area is 254 Å². The molecule has 0 radical (unpaired) electrons. The van der Waals surface area contributed by atoms with Gasteiger partial charge in [-0.2, -0.15) is 0 Å². The summed E-state index contributed by atoms with van der Waals surface area (Å²) in [7, 11) is 0. The number of oxazole rings is 1. The number of fused-ring (bicyclic) bond motifs is 3. The molecule has 7 rings (SSSR count). The Morgan fingerprint density at radius 1 is 0.465 bits per heavy atom. The second-order valence-electron chi connectivity index (χ2n) is 13.7. The summed E-state index contributed by atoms with van der Waals surface area (Å²) in [4.78, 5) is 4.96. The number of hydrogen-bond acceptors (Lipinski definition) is 2. The summed E-state index contributed by atoms with van der Waals surface area (Å²) in [5.74, 6) is 0.654. The normalized spacial score (nSPS) is 12.4.